The summed E-state index contributed by atoms with van der Waals surface area (Å²) in [6.07, 6.45) is -1.98. The number of hydrogen-bond acceptors (Lipinski definition) is 11. The highest BCUT2D eigenvalue weighted by atomic mass is 16.6. The maximum Gasteiger partial charge on any atom is 0.348 e. The number of carbonyl (C=O) groups is 3. The van der Waals surface area contributed by atoms with Crippen LogP contribution in [0.25, 0.3) is 11.2 Å². The van der Waals surface area contributed by atoms with Crippen LogP contribution in [0, 0.1) is 6.92 Å². The number of urea groups is 1. The minimum absolute atomic E-state index is 0.0204. The van der Waals surface area contributed by atoms with Crippen LogP contribution in [0.4, 0.5) is 16.3 Å². The predicted molar refractivity (Wildman–Crippen MR) is 168 cm³/mol. The van der Waals surface area contributed by atoms with Gasteiger partial charge in [0.1, 0.15) is 35.3 Å². The van der Waals surface area contributed by atoms with E-state index in [2.05, 4.69) is 20.3 Å². The van der Waals surface area contributed by atoms with Gasteiger partial charge in [-0.3, -0.25) is 4.90 Å². The molecule has 0 aliphatic carbocycles. The quantitative estimate of drug-likeness (QED) is 0.174. The largest absolute Gasteiger partial charge is 0.479 e. The van der Waals surface area contributed by atoms with Crippen molar-refractivity contribution in [3.8, 4) is 0 Å². The number of hydrogen-bond donors (Lipinski definition) is 5. The average Bonchev–Trinajstić information content (AvgIpc) is 3.49. The Morgan fingerprint density at radius 3 is 2.49 bits per heavy atom. The van der Waals surface area contributed by atoms with E-state index >= 15 is 0 Å². The smallest absolute Gasteiger partial charge is 0.348 e. The first-order valence-electron chi connectivity index (χ1n) is 15.4. The zero-order valence-corrected chi connectivity index (χ0v) is 27.0. The van der Waals surface area contributed by atoms with Crippen LogP contribution >= 0.6 is 0 Å². The number of amides is 2. The standard InChI is InChI=1S/C31H41N7O9/c1-17(2)33-25-23-26(35-18(3)34-25)37(16-32-23)14-21-24(39)30(4,45)22(47-21)15-46-31(27(40)41,28(42)43)13-19-7-9-20(10-8-19)38-12-6-11-36(5)29(38)44/h7-10,16-17,21-22,24,39,45H,6,11-15H2,1-5H3,(H,40,41)(H,42,43)(H,33,34,35)/t21-,22+,24-,30+/m0/s1. The SMILES string of the molecule is Cc1nc(NC(C)C)c2ncn(C[C@@H]3O[C@H](COC(Cc4ccc(N5CCCN(C)C5=O)cc4)(C(=O)O)C(=O)O)[C@@](C)(O)[C@H]3O)c2n1. The third-order valence-electron chi connectivity index (χ3n) is 8.63. The monoisotopic (exact) mass is 655 g/mol. The summed E-state index contributed by atoms with van der Waals surface area (Å²) in [5.74, 6) is -2.45. The molecule has 0 saturated carbocycles. The lowest BCUT2D eigenvalue weighted by atomic mass is 9.91. The van der Waals surface area contributed by atoms with Crippen LogP contribution in [0.3, 0.4) is 0 Å². The van der Waals surface area contributed by atoms with E-state index in [0.717, 1.165) is 6.42 Å². The number of aliphatic hydroxyl groups is 2. The van der Waals surface area contributed by atoms with Crippen molar-refractivity contribution in [2.75, 3.05) is 37.0 Å². The van der Waals surface area contributed by atoms with Gasteiger partial charge in [0.2, 0.25) is 0 Å². The number of aryl methyl sites for hydroxylation is 1. The first-order chi connectivity index (χ1) is 22.1. The summed E-state index contributed by atoms with van der Waals surface area (Å²) >= 11 is 0. The minimum Gasteiger partial charge on any atom is -0.479 e. The van der Waals surface area contributed by atoms with Crippen molar-refractivity contribution in [1.82, 2.24) is 24.4 Å². The highest BCUT2D eigenvalue weighted by molar-refractivity contribution is 6.02. The highest BCUT2D eigenvalue weighted by Gasteiger charge is 2.55. The summed E-state index contributed by atoms with van der Waals surface area (Å²) in [6.45, 7) is 7.51. The van der Waals surface area contributed by atoms with Crippen LogP contribution in [0.1, 0.15) is 38.6 Å². The lowest BCUT2D eigenvalue weighted by Crippen LogP contribution is -2.54. The fraction of sp³-hybridized carbons (Fsp3) is 0.548. The van der Waals surface area contributed by atoms with Gasteiger partial charge in [-0.05, 0) is 51.8 Å². The van der Waals surface area contributed by atoms with Crippen LogP contribution in [0.2, 0.25) is 0 Å². The van der Waals surface area contributed by atoms with Crippen molar-refractivity contribution in [2.45, 2.75) is 82.6 Å². The molecule has 2 amide bonds. The number of anilines is 2. The van der Waals surface area contributed by atoms with Crippen molar-refractivity contribution < 1.29 is 44.3 Å². The molecule has 5 rings (SSSR count). The number of imidazole rings is 1. The summed E-state index contributed by atoms with van der Waals surface area (Å²) in [5, 5.41) is 45.8. The number of nitrogens with one attached hydrogen (secondary N) is 1. The Hall–Kier alpha value is -4.38. The molecule has 4 atom stereocenters. The van der Waals surface area contributed by atoms with Gasteiger partial charge in [-0.15, -0.1) is 0 Å². The van der Waals surface area contributed by atoms with Crippen molar-refractivity contribution in [2.24, 2.45) is 0 Å². The summed E-state index contributed by atoms with van der Waals surface area (Å²) in [7, 11) is 1.71. The molecule has 0 spiro atoms. The Morgan fingerprint density at radius 1 is 1.17 bits per heavy atom. The number of nitrogens with zero attached hydrogens (tertiary/aromatic N) is 6. The van der Waals surface area contributed by atoms with E-state index in [0.29, 0.717) is 47.1 Å². The maximum atomic E-state index is 12.5. The third-order valence-corrected chi connectivity index (χ3v) is 8.63. The zero-order valence-electron chi connectivity index (χ0n) is 27.0. The molecule has 2 aliphatic heterocycles. The molecule has 0 bridgehead atoms. The third kappa shape index (κ3) is 6.58. The number of ether oxygens (including phenoxy) is 2. The van der Waals surface area contributed by atoms with E-state index < -0.39 is 54.5 Å². The van der Waals surface area contributed by atoms with E-state index in [1.54, 1.807) is 52.6 Å². The van der Waals surface area contributed by atoms with Gasteiger partial charge in [-0.1, -0.05) is 12.1 Å². The summed E-state index contributed by atoms with van der Waals surface area (Å²) in [5.41, 5.74) is -2.73. The van der Waals surface area contributed by atoms with Crippen LogP contribution in [0.15, 0.2) is 30.6 Å². The molecule has 3 aromatic rings. The Bertz CT molecular complexity index is 1630. The number of carboxylic acid groups (broad SMARTS) is 2. The van der Waals surface area contributed by atoms with Gasteiger partial charge in [0.15, 0.2) is 11.5 Å². The summed E-state index contributed by atoms with van der Waals surface area (Å²) in [6, 6.07) is 6.27. The highest BCUT2D eigenvalue weighted by Crippen LogP contribution is 2.34. The fourth-order valence-electron chi connectivity index (χ4n) is 5.91. The van der Waals surface area contributed by atoms with E-state index in [9.17, 15) is 34.8 Å². The average molecular weight is 656 g/mol. The molecule has 16 heteroatoms. The van der Waals surface area contributed by atoms with E-state index in [4.69, 9.17) is 9.47 Å². The van der Waals surface area contributed by atoms with Crippen LogP contribution < -0.4 is 10.2 Å². The van der Waals surface area contributed by atoms with E-state index in [1.807, 2.05) is 13.8 Å². The number of rotatable bonds is 12. The number of aromatic nitrogens is 4. The maximum absolute atomic E-state index is 12.5. The molecule has 16 nitrogen and oxygen atoms in total. The van der Waals surface area contributed by atoms with Gasteiger partial charge in [-0.2, -0.15) is 0 Å². The second-order valence-corrected chi connectivity index (χ2v) is 12.6. The molecule has 2 aliphatic rings. The number of fused-ring (bicyclic) bond motifs is 1. The number of carboxylic acids is 2. The number of aliphatic carboxylic acids is 2. The predicted octanol–water partition coefficient (Wildman–Crippen LogP) is 1.26. The molecular weight excluding hydrogens is 614 g/mol. The molecule has 5 N–H and O–H groups in total. The number of aliphatic hydroxyl groups excluding tert-OH is 1. The summed E-state index contributed by atoms with van der Waals surface area (Å²) in [4.78, 5) is 54.0. The summed E-state index contributed by atoms with van der Waals surface area (Å²) < 4.78 is 13.2. The van der Waals surface area contributed by atoms with Gasteiger partial charge in [0.05, 0.1) is 19.5 Å². The lowest BCUT2D eigenvalue weighted by Gasteiger charge is -2.33. The molecule has 47 heavy (non-hydrogen) atoms. The van der Waals surface area contributed by atoms with Gasteiger partial charge in [0.25, 0.3) is 5.60 Å². The van der Waals surface area contributed by atoms with E-state index in [1.165, 1.54) is 13.3 Å². The molecule has 254 valence electrons. The number of carbonyl (C=O) groups excluding carboxylic acids is 1. The van der Waals surface area contributed by atoms with Crippen molar-refractivity contribution in [1.29, 1.82) is 0 Å². The number of benzene rings is 1. The van der Waals surface area contributed by atoms with Gasteiger partial charge in [-0.25, -0.2) is 29.3 Å². The molecule has 0 radical (unpaired) electrons. The van der Waals surface area contributed by atoms with Crippen molar-refractivity contribution >= 4 is 40.6 Å². The second-order valence-electron chi connectivity index (χ2n) is 12.6. The van der Waals surface area contributed by atoms with Gasteiger partial charge < -0.3 is 44.7 Å². The lowest BCUT2D eigenvalue weighted by molar-refractivity contribution is -0.192. The first kappa shape index (κ1) is 34.0. The molecule has 4 heterocycles. The molecule has 2 saturated heterocycles. The van der Waals surface area contributed by atoms with Crippen LogP contribution in [0.5, 0.6) is 0 Å². The normalized spacial score (nSPS) is 23.6. The Labute approximate surface area is 270 Å². The fourth-order valence-corrected chi connectivity index (χ4v) is 5.91. The Balaban J connectivity index is 1.32. The first-order valence-corrected chi connectivity index (χ1v) is 15.4. The van der Waals surface area contributed by atoms with Gasteiger partial charge in [0, 0.05) is 38.3 Å². The minimum atomic E-state index is -2.74. The Kier molecular flexibility index (Phi) is 9.41. The molecule has 2 aromatic heterocycles. The molecule has 2 fully saturated rings. The zero-order chi connectivity index (χ0) is 34.3. The molecule has 0 unspecified atom stereocenters. The Morgan fingerprint density at radius 2 is 1.85 bits per heavy atom. The van der Waals surface area contributed by atoms with Crippen LogP contribution in [-0.4, -0.2) is 125 Å². The topological polar surface area (TPSA) is 213 Å². The van der Waals surface area contributed by atoms with Crippen molar-refractivity contribution in [3.63, 3.8) is 0 Å². The molecular formula is C31H41N7O9. The van der Waals surface area contributed by atoms with E-state index in [-0.39, 0.29) is 18.6 Å². The van der Waals surface area contributed by atoms with Crippen molar-refractivity contribution in [3.05, 3.63) is 42.0 Å². The second kappa shape index (κ2) is 13.0. The van der Waals surface area contributed by atoms with Crippen LogP contribution in [-0.2, 0) is 32.0 Å². The van der Waals surface area contributed by atoms with Gasteiger partial charge >= 0.3 is 18.0 Å². The molecule has 1 aromatic carbocycles.